The van der Waals surface area contributed by atoms with Gasteiger partial charge in [0.25, 0.3) is 5.56 Å². The lowest BCUT2D eigenvalue weighted by molar-refractivity contribution is 0.355. The first-order valence-electron chi connectivity index (χ1n) is 12.8. The van der Waals surface area contributed by atoms with Crippen molar-refractivity contribution < 1.29 is 18.6 Å². The summed E-state index contributed by atoms with van der Waals surface area (Å²) in [6.07, 6.45) is 7.09. The van der Waals surface area contributed by atoms with Crippen molar-refractivity contribution in [2.45, 2.75) is 0 Å². The van der Waals surface area contributed by atoms with Crippen LogP contribution in [0.5, 0.6) is 17.2 Å². The van der Waals surface area contributed by atoms with Gasteiger partial charge in [-0.3, -0.25) is 4.79 Å². The number of nitrogens with zero attached hydrogens (tertiary/aromatic N) is 5. The van der Waals surface area contributed by atoms with Crippen LogP contribution < -0.4 is 24.3 Å². The van der Waals surface area contributed by atoms with E-state index in [0.29, 0.717) is 43.6 Å². The lowest BCUT2D eigenvalue weighted by Gasteiger charge is -2.07. The van der Waals surface area contributed by atoms with E-state index in [1.54, 1.807) is 49.4 Å². The largest absolute Gasteiger partial charge is 0.494 e. The number of fused-ring (bicyclic) bond motifs is 1. The number of hydrogen-bond acceptors (Lipinski definition) is 8. The van der Waals surface area contributed by atoms with E-state index >= 15 is 0 Å². The molecule has 0 aliphatic rings. The quantitative estimate of drug-likeness (QED) is 0.253. The van der Waals surface area contributed by atoms with Crippen molar-refractivity contribution in [2.24, 2.45) is 0 Å². The number of hydrogen-bond donors (Lipinski definition) is 0. The zero-order chi connectivity index (χ0) is 29.2. The monoisotopic (exact) mass is 581 g/mol. The number of benzene rings is 3. The minimum absolute atomic E-state index is 0.134. The first kappa shape index (κ1) is 26.9. The zero-order valence-electron chi connectivity index (χ0n) is 22.8. The fourth-order valence-electron chi connectivity index (χ4n) is 4.43. The van der Waals surface area contributed by atoms with Crippen molar-refractivity contribution in [3.8, 4) is 34.2 Å². The van der Waals surface area contributed by atoms with E-state index in [0.717, 1.165) is 11.3 Å². The molecule has 0 amide bonds. The molecule has 0 bridgehead atoms. The van der Waals surface area contributed by atoms with Gasteiger partial charge in [0.15, 0.2) is 28.9 Å². The molecule has 9 nitrogen and oxygen atoms in total. The highest BCUT2D eigenvalue weighted by Crippen LogP contribution is 2.29. The molecule has 0 radical (unpaired) electrons. The highest BCUT2D eigenvalue weighted by atomic mass is 32.1. The highest BCUT2D eigenvalue weighted by Gasteiger charge is 2.16. The van der Waals surface area contributed by atoms with Crippen molar-refractivity contribution in [2.75, 3.05) is 21.3 Å². The van der Waals surface area contributed by atoms with Gasteiger partial charge in [-0.25, -0.2) is 9.07 Å². The van der Waals surface area contributed by atoms with Crippen LogP contribution in [0.4, 0.5) is 4.39 Å². The molecule has 0 unspecified atom stereocenters. The molecule has 210 valence electrons. The van der Waals surface area contributed by atoms with Gasteiger partial charge >= 0.3 is 0 Å². The maximum absolute atomic E-state index is 14.6. The average molecular weight is 582 g/mol. The molecule has 0 atom stereocenters. The Labute approximate surface area is 243 Å². The molecule has 3 aromatic heterocycles. The SMILES string of the molecule is COc1ccc(-c2nn(-c3ccccc3)cc2C=c2sc3nc(C=Cc4ccc(OC)c(OC)c4)nn3c2=O)cc1F. The molecule has 0 spiro atoms. The summed E-state index contributed by atoms with van der Waals surface area (Å²) < 4.78 is 33.7. The van der Waals surface area contributed by atoms with Gasteiger partial charge in [0.2, 0.25) is 4.96 Å². The van der Waals surface area contributed by atoms with E-state index in [-0.39, 0.29) is 11.3 Å². The maximum Gasteiger partial charge on any atom is 0.291 e. The molecule has 11 heteroatoms. The molecule has 0 aliphatic heterocycles. The van der Waals surface area contributed by atoms with Crippen LogP contribution >= 0.6 is 11.3 Å². The number of ether oxygens (including phenoxy) is 3. The molecule has 6 rings (SSSR count). The Morgan fingerprint density at radius 3 is 2.33 bits per heavy atom. The third-order valence-corrected chi connectivity index (χ3v) is 7.46. The normalized spacial score (nSPS) is 12.0. The van der Waals surface area contributed by atoms with Crippen LogP contribution in [0.15, 0.2) is 77.7 Å². The summed E-state index contributed by atoms with van der Waals surface area (Å²) >= 11 is 1.21. The first-order chi connectivity index (χ1) is 20.5. The Balaban J connectivity index is 1.38. The second-order valence-electron chi connectivity index (χ2n) is 9.09. The van der Waals surface area contributed by atoms with E-state index in [4.69, 9.17) is 19.3 Å². The molecular weight excluding hydrogens is 557 g/mol. The minimum atomic E-state index is -0.507. The third kappa shape index (κ3) is 5.13. The van der Waals surface area contributed by atoms with Gasteiger partial charge in [-0.05, 0) is 60.2 Å². The zero-order valence-corrected chi connectivity index (χ0v) is 23.6. The van der Waals surface area contributed by atoms with Gasteiger partial charge in [-0.2, -0.15) is 14.6 Å². The van der Waals surface area contributed by atoms with Crippen LogP contribution in [0.3, 0.4) is 0 Å². The van der Waals surface area contributed by atoms with Crippen LogP contribution in [-0.2, 0) is 0 Å². The summed E-state index contributed by atoms with van der Waals surface area (Å²) in [5.74, 6) is 1.26. The molecule has 0 aliphatic carbocycles. The number of rotatable bonds is 8. The van der Waals surface area contributed by atoms with Crippen molar-refractivity contribution in [3.63, 3.8) is 0 Å². The fraction of sp³-hybridized carbons (Fsp3) is 0.0968. The number of para-hydroxylation sites is 1. The molecule has 3 heterocycles. The van der Waals surface area contributed by atoms with Gasteiger partial charge in [-0.15, -0.1) is 5.10 Å². The van der Waals surface area contributed by atoms with Gasteiger partial charge in [0, 0.05) is 17.3 Å². The molecule has 3 aromatic carbocycles. The van der Waals surface area contributed by atoms with Crippen LogP contribution in [0, 0.1) is 5.82 Å². The molecular formula is C31H24FN5O4S. The number of methoxy groups -OCH3 is 3. The summed E-state index contributed by atoms with van der Waals surface area (Å²) in [7, 11) is 4.57. The second kappa shape index (κ2) is 11.3. The Bertz CT molecular complexity index is 2050. The van der Waals surface area contributed by atoms with Crippen molar-refractivity contribution in [1.82, 2.24) is 24.4 Å². The van der Waals surface area contributed by atoms with Gasteiger partial charge in [0.05, 0.1) is 31.5 Å². The average Bonchev–Trinajstić information content (AvgIpc) is 3.70. The first-order valence-corrected chi connectivity index (χ1v) is 13.6. The van der Waals surface area contributed by atoms with E-state index in [9.17, 15) is 9.18 Å². The molecule has 0 saturated carbocycles. The van der Waals surface area contributed by atoms with Crippen LogP contribution in [0.1, 0.15) is 17.0 Å². The van der Waals surface area contributed by atoms with Crippen molar-refractivity contribution in [1.29, 1.82) is 0 Å². The lowest BCUT2D eigenvalue weighted by atomic mass is 10.1. The molecule has 42 heavy (non-hydrogen) atoms. The summed E-state index contributed by atoms with van der Waals surface area (Å²) in [5.41, 5.74) is 3.07. The molecule has 0 fully saturated rings. The summed E-state index contributed by atoms with van der Waals surface area (Å²) in [6.45, 7) is 0. The summed E-state index contributed by atoms with van der Waals surface area (Å²) in [6, 6.07) is 19.7. The van der Waals surface area contributed by atoms with Crippen LogP contribution in [0.2, 0.25) is 0 Å². The van der Waals surface area contributed by atoms with Gasteiger partial charge in [-0.1, -0.05) is 41.7 Å². The number of halogens is 1. The van der Waals surface area contributed by atoms with E-state index in [1.165, 1.54) is 29.0 Å². The van der Waals surface area contributed by atoms with Crippen molar-refractivity contribution >= 4 is 34.5 Å². The van der Waals surface area contributed by atoms with E-state index in [2.05, 4.69) is 10.1 Å². The van der Waals surface area contributed by atoms with Crippen LogP contribution in [-0.4, -0.2) is 45.7 Å². The highest BCUT2D eigenvalue weighted by molar-refractivity contribution is 7.15. The van der Waals surface area contributed by atoms with Crippen LogP contribution in [0.25, 0.3) is 40.1 Å². The van der Waals surface area contributed by atoms with Gasteiger partial charge in [0.1, 0.15) is 5.69 Å². The number of thiazole rings is 1. The van der Waals surface area contributed by atoms with Gasteiger partial charge < -0.3 is 14.2 Å². The molecule has 0 N–H and O–H groups in total. The van der Waals surface area contributed by atoms with Crippen molar-refractivity contribution in [3.05, 3.63) is 111 Å². The maximum atomic E-state index is 14.6. The molecule has 0 saturated heterocycles. The lowest BCUT2D eigenvalue weighted by Crippen LogP contribution is -2.23. The summed E-state index contributed by atoms with van der Waals surface area (Å²) in [4.78, 5) is 18.3. The molecule has 6 aromatic rings. The Morgan fingerprint density at radius 1 is 0.857 bits per heavy atom. The van der Waals surface area contributed by atoms with E-state index in [1.807, 2.05) is 54.6 Å². The Morgan fingerprint density at radius 2 is 1.62 bits per heavy atom. The Hall–Kier alpha value is -5.29. The second-order valence-corrected chi connectivity index (χ2v) is 10.1. The smallest absolute Gasteiger partial charge is 0.291 e. The Kier molecular flexibility index (Phi) is 7.24. The number of aromatic nitrogens is 5. The predicted octanol–water partition coefficient (Wildman–Crippen LogP) is 4.89. The fourth-order valence-corrected chi connectivity index (χ4v) is 5.34. The standard InChI is InChI=1S/C31H24FN5O4S/c1-39-24-13-11-20(16-23(24)32)29-21(18-36(35-29)22-7-5-4-6-8-22)17-27-30(38)37-31(42-27)33-28(34-37)14-10-19-9-12-25(40-2)26(15-19)41-3/h4-18H,1-3H3. The topological polar surface area (TPSA) is 92.8 Å². The minimum Gasteiger partial charge on any atom is -0.494 e. The van der Waals surface area contributed by atoms with E-state index < -0.39 is 5.82 Å². The summed E-state index contributed by atoms with van der Waals surface area (Å²) in [5, 5.41) is 9.11. The predicted molar refractivity (Wildman–Crippen MR) is 160 cm³/mol. The third-order valence-electron chi connectivity index (χ3n) is 6.51.